The van der Waals surface area contributed by atoms with Crippen molar-refractivity contribution in [1.82, 2.24) is 15.8 Å². The SMILES string of the molecule is CN1CC=C(NNC(=O)c2ccccc2)CC1. The third kappa shape index (κ3) is 3.32. The van der Waals surface area contributed by atoms with Crippen molar-refractivity contribution < 1.29 is 4.79 Å². The number of nitrogens with one attached hydrogen (secondary N) is 2. The Kier molecular flexibility index (Phi) is 3.77. The second-order valence-corrected chi connectivity index (χ2v) is 4.19. The number of hydrogen-bond donors (Lipinski definition) is 2. The highest BCUT2D eigenvalue weighted by Crippen LogP contribution is 2.05. The molecule has 1 aliphatic rings. The summed E-state index contributed by atoms with van der Waals surface area (Å²) in [5.74, 6) is -0.106. The normalized spacial score (nSPS) is 16.2. The van der Waals surface area contributed by atoms with Crippen LogP contribution in [0.3, 0.4) is 0 Å². The molecule has 2 N–H and O–H groups in total. The quantitative estimate of drug-likeness (QED) is 0.767. The van der Waals surface area contributed by atoms with E-state index in [2.05, 4.69) is 28.9 Å². The van der Waals surface area contributed by atoms with Crippen molar-refractivity contribution in [3.8, 4) is 0 Å². The third-order valence-electron chi connectivity index (χ3n) is 2.78. The van der Waals surface area contributed by atoms with E-state index in [1.165, 1.54) is 0 Å². The Morgan fingerprint density at radius 2 is 2.06 bits per heavy atom. The molecule has 0 saturated heterocycles. The number of hydrogen-bond acceptors (Lipinski definition) is 3. The lowest BCUT2D eigenvalue weighted by Crippen LogP contribution is -2.39. The highest BCUT2D eigenvalue weighted by atomic mass is 16.2. The molecule has 0 radical (unpaired) electrons. The zero-order valence-electron chi connectivity index (χ0n) is 9.94. The molecule has 1 aromatic rings. The second-order valence-electron chi connectivity index (χ2n) is 4.19. The molecule has 1 aromatic carbocycles. The van der Waals surface area contributed by atoms with Gasteiger partial charge in [0.2, 0.25) is 0 Å². The van der Waals surface area contributed by atoms with Crippen molar-refractivity contribution in [2.45, 2.75) is 6.42 Å². The summed E-state index contributed by atoms with van der Waals surface area (Å²) >= 11 is 0. The largest absolute Gasteiger partial charge is 0.303 e. The molecule has 0 unspecified atom stereocenters. The van der Waals surface area contributed by atoms with Gasteiger partial charge in [-0.25, -0.2) is 0 Å². The Morgan fingerprint density at radius 3 is 2.71 bits per heavy atom. The second kappa shape index (κ2) is 5.50. The molecule has 1 aliphatic heterocycles. The summed E-state index contributed by atoms with van der Waals surface area (Å²) in [6, 6.07) is 9.18. The minimum Gasteiger partial charge on any atom is -0.303 e. The number of hydrazine groups is 1. The zero-order valence-corrected chi connectivity index (χ0v) is 9.94. The third-order valence-corrected chi connectivity index (χ3v) is 2.78. The standard InChI is InChI=1S/C13H17N3O/c1-16-9-7-12(8-10-16)14-15-13(17)11-5-3-2-4-6-11/h2-7,14H,8-10H2,1H3,(H,15,17). The lowest BCUT2D eigenvalue weighted by atomic mass is 10.2. The van der Waals surface area contributed by atoms with E-state index in [1.807, 2.05) is 18.2 Å². The van der Waals surface area contributed by atoms with Gasteiger partial charge in [-0.15, -0.1) is 0 Å². The topological polar surface area (TPSA) is 44.4 Å². The maximum absolute atomic E-state index is 11.7. The Balaban J connectivity index is 1.85. The predicted molar refractivity (Wildman–Crippen MR) is 67.2 cm³/mol. The summed E-state index contributed by atoms with van der Waals surface area (Å²) in [7, 11) is 2.08. The van der Waals surface area contributed by atoms with Crippen LogP contribution in [0.4, 0.5) is 0 Å². The number of benzene rings is 1. The van der Waals surface area contributed by atoms with Gasteiger partial charge in [-0.3, -0.25) is 10.2 Å². The number of rotatable bonds is 3. The van der Waals surface area contributed by atoms with Gasteiger partial charge in [-0.2, -0.15) is 0 Å². The average Bonchev–Trinajstić information content (AvgIpc) is 2.39. The molecule has 2 rings (SSSR count). The Bertz CT molecular complexity index is 414. The molecule has 0 spiro atoms. The first-order valence-corrected chi connectivity index (χ1v) is 5.74. The summed E-state index contributed by atoms with van der Waals surface area (Å²) in [4.78, 5) is 14.0. The van der Waals surface area contributed by atoms with Crippen molar-refractivity contribution in [3.05, 3.63) is 47.7 Å². The first-order valence-electron chi connectivity index (χ1n) is 5.74. The van der Waals surface area contributed by atoms with Crippen LogP contribution in [0, 0.1) is 0 Å². The molecular weight excluding hydrogens is 214 g/mol. The van der Waals surface area contributed by atoms with Crippen molar-refractivity contribution in [3.63, 3.8) is 0 Å². The number of carbonyl (C=O) groups excluding carboxylic acids is 1. The van der Waals surface area contributed by atoms with Crippen LogP contribution in [0.5, 0.6) is 0 Å². The Labute approximate surface area is 101 Å². The van der Waals surface area contributed by atoms with Crippen LogP contribution in [0.2, 0.25) is 0 Å². The highest BCUT2D eigenvalue weighted by Gasteiger charge is 2.08. The van der Waals surface area contributed by atoms with Gasteiger partial charge in [0.15, 0.2) is 0 Å². The Morgan fingerprint density at radius 1 is 1.29 bits per heavy atom. The van der Waals surface area contributed by atoms with Crippen molar-refractivity contribution >= 4 is 5.91 Å². The zero-order chi connectivity index (χ0) is 12.1. The van der Waals surface area contributed by atoms with E-state index in [4.69, 9.17) is 0 Å². The summed E-state index contributed by atoms with van der Waals surface area (Å²) < 4.78 is 0. The molecule has 0 fully saturated rings. The van der Waals surface area contributed by atoms with Gasteiger partial charge in [0.05, 0.1) is 0 Å². The fraction of sp³-hybridized carbons (Fsp3) is 0.308. The molecule has 90 valence electrons. The lowest BCUT2D eigenvalue weighted by Gasteiger charge is -2.22. The molecule has 4 heteroatoms. The van der Waals surface area contributed by atoms with E-state index in [0.29, 0.717) is 5.56 Å². The highest BCUT2D eigenvalue weighted by molar-refractivity contribution is 5.93. The molecule has 1 amide bonds. The van der Waals surface area contributed by atoms with Crippen molar-refractivity contribution in [2.75, 3.05) is 20.1 Å². The molecule has 0 saturated carbocycles. The maximum atomic E-state index is 11.7. The average molecular weight is 231 g/mol. The van der Waals surface area contributed by atoms with Crippen LogP contribution in [0.25, 0.3) is 0 Å². The molecule has 4 nitrogen and oxygen atoms in total. The minimum atomic E-state index is -0.106. The van der Waals surface area contributed by atoms with Gasteiger partial charge in [0, 0.05) is 30.8 Å². The van der Waals surface area contributed by atoms with E-state index in [9.17, 15) is 4.79 Å². The lowest BCUT2D eigenvalue weighted by molar-refractivity contribution is 0.0937. The van der Waals surface area contributed by atoms with Crippen LogP contribution in [0.15, 0.2) is 42.1 Å². The van der Waals surface area contributed by atoms with Crippen LogP contribution in [0.1, 0.15) is 16.8 Å². The molecule has 0 aliphatic carbocycles. The fourth-order valence-electron chi connectivity index (χ4n) is 1.68. The van der Waals surface area contributed by atoms with E-state index < -0.39 is 0 Å². The van der Waals surface area contributed by atoms with Crippen molar-refractivity contribution in [2.24, 2.45) is 0 Å². The fourth-order valence-corrected chi connectivity index (χ4v) is 1.68. The minimum absolute atomic E-state index is 0.106. The van der Waals surface area contributed by atoms with E-state index in [0.717, 1.165) is 25.2 Å². The smallest absolute Gasteiger partial charge is 0.269 e. The first kappa shape index (κ1) is 11.7. The summed E-state index contributed by atoms with van der Waals surface area (Å²) in [5.41, 5.74) is 7.42. The molecular formula is C13H17N3O. The van der Waals surface area contributed by atoms with Gasteiger partial charge in [-0.1, -0.05) is 18.2 Å². The first-order chi connectivity index (χ1) is 8.25. The predicted octanol–water partition coefficient (Wildman–Crippen LogP) is 1.14. The van der Waals surface area contributed by atoms with E-state index >= 15 is 0 Å². The van der Waals surface area contributed by atoms with Gasteiger partial charge < -0.3 is 10.3 Å². The van der Waals surface area contributed by atoms with Crippen LogP contribution in [-0.4, -0.2) is 30.9 Å². The Hall–Kier alpha value is -1.81. The van der Waals surface area contributed by atoms with Gasteiger partial charge in [-0.05, 0) is 25.3 Å². The number of likely N-dealkylation sites (N-methyl/N-ethyl adjacent to an activating group) is 1. The number of carbonyl (C=O) groups is 1. The van der Waals surface area contributed by atoms with E-state index in [1.54, 1.807) is 12.1 Å². The van der Waals surface area contributed by atoms with Crippen LogP contribution < -0.4 is 10.9 Å². The summed E-state index contributed by atoms with van der Waals surface area (Å²) in [6.07, 6.45) is 3.03. The molecule has 0 bridgehead atoms. The van der Waals surface area contributed by atoms with Crippen LogP contribution >= 0.6 is 0 Å². The van der Waals surface area contributed by atoms with E-state index in [-0.39, 0.29) is 5.91 Å². The van der Waals surface area contributed by atoms with Crippen LogP contribution in [-0.2, 0) is 0 Å². The molecule has 0 aromatic heterocycles. The molecule has 17 heavy (non-hydrogen) atoms. The molecule has 1 heterocycles. The molecule has 0 atom stereocenters. The number of nitrogens with zero attached hydrogens (tertiary/aromatic N) is 1. The maximum Gasteiger partial charge on any atom is 0.269 e. The van der Waals surface area contributed by atoms with Gasteiger partial charge in [0.25, 0.3) is 5.91 Å². The summed E-state index contributed by atoms with van der Waals surface area (Å²) in [5, 5.41) is 0. The van der Waals surface area contributed by atoms with Gasteiger partial charge >= 0.3 is 0 Å². The van der Waals surface area contributed by atoms with Crippen molar-refractivity contribution in [1.29, 1.82) is 0 Å². The monoisotopic (exact) mass is 231 g/mol. The number of amides is 1. The van der Waals surface area contributed by atoms with Gasteiger partial charge in [0.1, 0.15) is 0 Å². The summed E-state index contributed by atoms with van der Waals surface area (Å²) in [6.45, 7) is 1.93.